The van der Waals surface area contributed by atoms with Gasteiger partial charge in [0.2, 0.25) is 0 Å². The molecule has 0 bridgehead atoms. The molecule has 1 aromatic rings. The third-order valence-electron chi connectivity index (χ3n) is 1.66. The van der Waals surface area contributed by atoms with Crippen LogP contribution in [0.1, 0.15) is 5.56 Å². The van der Waals surface area contributed by atoms with Crippen LogP contribution in [-0.4, -0.2) is 19.7 Å². The number of carbonyl (C=O) groups is 1. The molecule has 0 aliphatic carbocycles. The van der Waals surface area contributed by atoms with Crippen molar-refractivity contribution < 1.29 is 27.4 Å². The smallest absolute Gasteiger partial charge is 0.416 e. The molecule has 0 atom stereocenters. The van der Waals surface area contributed by atoms with Crippen molar-refractivity contribution in [3.05, 3.63) is 29.8 Å². The van der Waals surface area contributed by atoms with Gasteiger partial charge in [0.25, 0.3) is 0 Å². The molecule has 16 heavy (non-hydrogen) atoms. The molecule has 0 unspecified atom stereocenters. The Balaban J connectivity index is 2.79. The summed E-state index contributed by atoms with van der Waals surface area (Å²) >= 11 is 0. The number of methoxy groups -OCH3 is 1. The molecule has 0 aliphatic heterocycles. The lowest BCUT2D eigenvalue weighted by molar-refractivity contribution is -0.140. The van der Waals surface area contributed by atoms with E-state index in [1.165, 1.54) is 13.2 Å². The van der Waals surface area contributed by atoms with Crippen molar-refractivity contribution in [1.82, 2.24) is 0 Å². The van der Waals surface area contributed by atoms with Crippen molar-refractivity contribution in [1.29, 1.82) is 0 Å². The van der Waals surface area contributed by atoms with Gasteiger partial charge in [-0.25, -0.2) is 4.79 Å². The Morgan fingerprint density at radius 3 is 2.62 bits per heavy atom. The van der Waals surface area contributed by atoms with Crippen LogP contribution in [0.4, 0.5) is 13.2 Å². The number of rotatable bonds is 3. The summed E-state index contributed by atoms with van der Waals surface area (Å²) in [5.41, 5.74) is -0.866. The van der Waals surface area contributed by atoms with Crippen LogP contribution in [0, 0.1) is 0 Å². The van der Waals surface area contributed by atoms with Crippen molar-refractivity contribution in [2.45, 2.75) is 6.18 Å². The summed E-state index contributed by atoms with van der Waals surface area (Å²) in [5.74, 6) is -0.904. The first-order valence-corrected chi connectivity index (χ1v) is 4.30. The zero-order chi connectivity index (χ0) is 12.2. The lowest BCUT2D eigenvalue weighted by atomic mass is 10.2. The van der Waals surface area contributed by atoms with Crippen molar-refractivity contribution in [2.75, 3.05) is 13.7 Å². The average Bonchev–Trinajstić information content (AvgIpc) is 2.17. The number of hydrogen-bond acceptors (Lipinski definition) is 3. The van der Waals surface area contributed by atoms with Gasteiger partial charge in [0.15, 0.2) is 0 Å². The molecule has 0 saturated carbocycles. The maximum absolute atomic E-state index is 12.3. The van der Waals surface area contributed by atoms with E-state index >= 15 is 0 Å². The van der Waals surface area contributed by atoms with Crippen LogP contribution in [0.15, 0.2) is 24.3 Å². The first kappa shape index (κ1) is 12.5. The third kappa shape index (κ3) is 3.54. The topological polar surface area (TPSA) is 35.5 Å². The minimum absolute atomic E-state index is 0.156. The monoisotopic (exact) mass is 234 g/mol. The lowest BCUT2D eigenvalue weighted by Crippen LogP contribution is -2.14. The maximum atomic E-state index is 12.3. The summed E-state index contributed by atoms with van der Waals surface area (Å²) in [6, 6.07) is 4.09. The van der Waals surface area contributed by atoms with Crippen LogP contribution in [0.2, 0.25) is 0 Å². The minimum atomic E-state index is -4.45. The summed E-state index contributed by atoms with van der Waals surface area (Å²) in [6.07, 6.45) is -4.45. The quantitative estimate of drug-likeness (QED) is 0.594. The summed E-state index contributed by atoms with van der Waals surface area (Å²) in [4.78, 5) is 10.9. The Kier molecular flexibility index (Phi) is 3.89. The van der Waals surface area contributed by atoms with Crippen LogP contribution >= 0.6 is 0 Å². The van der Waals surface area contributed by atoms with Crippen molar-refractivity contribution >= 4 is 5.97 Å². The number of carbonyl (C=O) groups excluding carboxylic acids is 1. The lowest BCUT2D eigenvalue weighted by Gasteiger charge is -2.08. The molecule has 1 aromatic carbocycles. The number of hydrogen-bond donors (Lipinski definition) is 0. The summed E-state index contributed by atoms with van der Waals surface area (Å²) in [6.45, 7) is -0.309. The molecule has 0 spiro atoms. The van der Waals surface area contributed by atoms with Gasteiger partial charge >= 0.3 is 12.1 Å². The largest absolute Gasteiger partial charge is 0.425 e. The predicted octanol–water partition coefficient (Wildman–Crippen LogP) is 2.26. The number of benzene rings is 1. The molecular formula is C10H9F3O3. The normalized spacial score (nSPS) is 11.2. The summed E-state index contributed by atoms with van der Waals surface area (Å²) < 4.78 is 46.0. The van der Waals surface area contributed by atoms with E-state index in [1.54, 1.807) is 0 Å². The highest BCUT2D eigenvalue weighted by atomic mass is 19.4. The Bertz CT molecular complexity index is 374. The van der Waals surface area contributed by atoms with Gasteiger partial charge in [0.1, 0.15) is 12.4 Å². The molecule has 0 saturated heterocycles. The van der Waals surface area contributed by atoms with E-state index in [-0.39, 0.29) is 12.4 Å². The fraction of sp³-hybridized carbons (Fsp3) is 0.300. The number of esters is 1. The van der Waals surface area contributed by atoms with Crippen molar-refractivity contribution in [2.24, 2.45) is 0 Å². The summed E-state index contributed by atoms with van der Waals surface area (Å²) in [5, 5.41) is 0. The van der Waals surface area contributed by atoms with E-state index in [0.717, 1.165) is 18.2 Å². The second kappa shape index (κ2) is 4.98. The number of ether oxygens (including phenoxy) is 2. The molecule has 0 amide bonds. The van der Waals surface area contributed by atoms with E-state index < -0.39 is 17.7 Å². The zero-order valence-electron chi connectivity index (χ0n) is 8.38. The fourth-order valence-electron chi connectivity index (χ4n) is 1.01. The first-order chi connectivity index (χ1) is 7.43. The molecule has 88 valence electrons. The van der Waals surface area contributed by atoms with Crippen molar-refractivity contribution in [3.8, 4) is 5.75 Å². The van der Waals surface area contributed by atoms with Gasteiger partial charge in [-0.1, -0.05) is 6.07 Å². The van der Waals surface area contributed by atoms with E-state index in [1.807, 2.05) is 0 Å². The third-order valence-corrected chi connectivity index (χ3v) is 1.66. The first-order valence-electron chi connectivity index (χ1n) is 4.30. The zero-order valence-corrected chi connectivity index (χ0v) is 8.38. The van der Waals surface area contributed by atoms with E-state index in [2.05, 4.69) is 9.47 Å². The Hall–Kier alpha value is -1.56. The highest BCUT2D eigenvalue weighted by molar-refractivity contribution is 5.73. The van der Waals surface area contributed by atoms with Gasteiger partial charge in [-0.2, -0.15) is 13.2 Å². The molecule has 1 rings (SSSR count). The molecule has 6 heteroatoms. The molecule has 0 aromatic heterocycles. The number of alkyl halides is 3. The molecule has 0 heterocycles. The van der Waals surface area contributed by atoms with Crippen LogP contribution < -0.4 is 4.74 Å². The highest BCUT2D eigenvalue weighted by Crippen LogP contribution is 2.31. The van der Waals surface area contributed by atoms with E-state index in [4.69, 9.17) is 0 Å². The Morgan fingerprint density at radius 2 is 2.06 bits per heavy atom. The Labute approximate surface area is 89.8 Å². The standard InChI is InChI=1S/C10H9F3O3/c1-15-6-9(14)16-8-4-2-3-7(5-8)10(11,12)13/h2-5H,6H2,1H3. The molecule has 0 aliphatic rings. The van der Waals surface area contributed by atoms with Crippen molar-refractivity contribution in [3.63, 3.8) is 0 Å². The predicted molar refractivity (Wildman–Crippen MR) is 49.0 cm³/mol. The molecule has 0 N–H and O–H groups in total. The highest BCUT2D eigenvalue weighted by Gasteiger charge is 2.30. The van der Waals surface area contributed by atoms with Gasteiger partial charge in [-0.3, -0.25) is 0 Å². The van der Waals surface area contributed by atoms with E-state index in [9.17, 15) is 18.0 Å². The average molecular weight is 234 g/mol. The molecule has 0 radical (unpaired) electrons. The SMILES string of the molecule is COCC(=O)Oc1cccc(C(F)(F)F)c1. The molecule has 3 nitrogen and oxygen atoms in total. The van der Waals surface area contributed by atoms with Crippen LogP contribution in [0.5, 0.6) is 5.75 Å². The second-order valence-corrected chi connectivity index (χ2v) is 2.93. The maximum Gasteiger partial charge on any atom is 0.416 e. The van der Waals surface area contributed by atoms with Crippen LogP contribution in [0.25, 0.3) is 0 Å². The van der Waals surface area contributed by atoms with Gasteiger partial charge in [-0.05, 0) is 18.2 Å². The van der Waals surface area contributed by atoms with Gasteiger partial charge in [0, 0.05) is 7.11 Å². The van der Waals surface area contributed by atoms with Gasteiger partial charge in [-0.15, -0.1) is 0 Å². The minimum Gasteiger partial charge on any atom is -0.425 e. The fourth-order valence-corrected chi connectivity index (χ4v) is 1.01. The molecular weight excluding hydrogens is 225 g/mol. The number of halogens is 3. The Morgan fingerprint density at radius 1 is 1.38 bits per heavy atom. The van der Waals surface area contributed by atoms with E-state index in [0.29, 0.717) is 0 Å². The van der Waals surface area contributed by atoms with Gasteiger partial charge < -0.3 is 9.47 Å². The van der Waals surface area contributed by atoms with Gasteiger partial charge in [0.05, 0.1) is 5.56 Å². The second-order valence-electron chi connectivity index (χ2n) is 2.93. The van der Waals surface area contributed by atoms with Crippen LogP contribution in [0.3, 0.4) is 0 Å². The summed E-state index contributed by atoms with van der Waals surface area (Å²) in [7, 11) is 1.29. The van der Waals surface area contributed by atoms with Crippen LogP contribution in [-0.2, 0) is 15.7 Å². The molecule has 0 fully saturated rings.